The molecule has 0 saturated carbocycles. The maximum atomic E-state index is 12.5. The highest BCUT2D eigenvalue weighted by molar-refractivity contribution is 5.94. The minimum absolute atomic E-state index is 0.0802. The second kappa shape index (κ2) is 6.84. The molecule has 2 atom stereocenters. The van der Waals surface area contributed by atoms with Crippen molar-refractivity contribution in [2.24, 2.45) is 0 Å². The highest BCUT2D eigenvalue weighted by atomic mass is 16.5. The number of carbonyl (C=O) groups is 2. The van der Waals surface area contributed by atoms with E-state index in [4.69, 9.17) is 0 Å². The normalized spacial score (nSPS) is 20.0. The number of amides is 1. The summed E-state index contributed by atoms with van der Waals surface area (Å²) in [6.45, 7) is 0.754. The molecule has 0 radical (unpaired) electrons. The van der Waals surface area contributed by atoms with Gasteiger partial charge >= 0.3 is 5.97 Å². The van der Waals surface area contributed by atoms with Crippen LogP contribution < -0.4 is 0 Å². The third-order valence-electron chi connectivity index (χ3n) is 4.36. The number of benzene rings is 2. The second-order valence-electron chi connectivity index (χ2n) is 5.86. The Morgan fingerprint density at radius 3 is 2.29 bits per heavy atom. The molecule has 0 spiro atoms. The number of hydrogen-bond acceptors (Lipinski definition) is 4. The van der Waals surface area contributed by atoms with Crippen LogP contribution in [0, 0.1) is 0 Å². The molecule has 124 valence electrons. The van der Waals surface area contributed by atoms with Crippen molar-refractivity contribution in [2.75, 3.05) is 20.2 Å². The smallest absolute Gasteiger partial charge is 0.337 e. The van der Waals surface area contributed by atoms with Crippen molar-refractivity contribution in [3.05, 3.63) is 71.3 Å². The molecule has 5 nitrogen and oxygen atoms in total. The molecule has 0 aliphatic carbocycles. The maximum Gasteiger partial charge on any atom is 0.337 e. The molecule has 1 aliphatic heterocycles. The Bertz CT molecular complexity index is 727. The lowest BCUT2D eigenvalue weighted by Gasteiger charge is -2.16. The van der Waals surface area contributed by atoms with Crippen LogP contribution in [-0.2, 0) is 4.74 Å². The molecule has 1 aliphatic rings. The summed E-state index contributed by atoms with van der Waals surface area (Å²) in [5, 5.41) is 10.3. The molecule has 1 saturated heterocycles. The van der Waals surface area contributed by atoms with Gasteiger partial charge in [0.25, 0.3) is 5.91 Å². The van der Waals surface area contributed by atoms with Gasteiger partial charge in [-0.15, -0.1) is 0 Å². The average molecular weight is 325 g/mol. The number of aliphatic hydroxyl groups is 1. The average Bonchev–Trinajstić information content (AvgIpc) is 3.03. The molecule has 5 heteroatoms. The van der Waals surface area contributed by atoms with Gasteiger partial charge in [0.1, 0.15) is 0 Å². The van der Waals surface area contributed by atoms with Crippen LogP contribution in [0.1, 0.15) is 32.2 Å². The number of nitrogens with zero attached hydrogens (tertiary/aromatic N) is 1. The summed E-state index contributed by atoms with van der Waals surface area (Å²) >= 11 is 0. The van der Waals surface area contributed by atoms with E-state index in [0.29, 0.717) is 24.2 Å². The lowest BCUT2D eigenvalue weighted by molar-refractivity contribution is 0.0600. The minimum Gasteiger partial charge on any atom is -0.465 e. The van der Waals surface area contributed by atoms with E-state index >= 15 is 0 Å². The predicted molar refractivity (Wildman–Crippen MR) is 88.9 cm³/mol. The van der Waals surface area contributed by atoms with Gasteiger partial charge in [-0.3, -0.25) is 4.79 Å². The molecule has 24 heavy (non-hydrogen) atoms. The summed E-state index contributed by atoms with van der Waals surface area (Å²) in [7, 11) is 1.34. The molecule has 0 unspecified atom stereocenters. The van der Waals surface area contributed by atoms with Crippen LogP contribution in [0.3, 0.4) is 0 Å². The van der Waals surface area contributed by atoms with Crippen LogP contribution in [0.15, 0.2) is 54.6 Å². The van der Waals surface area contributed by atoms with E-state index in [1.807, 2.05) is 18.2 Å². The Hall–Kier alpha value is -2.66. The van der Waals surface area contributed by atoms with Crippen LogP contribution in [0.25, 0.3) is 0 Å². The first kappa shape index (κ1) is 16.2. The van der Waals surface area contributed by atoms with Crippen molar-refractivity contribution in [1.82, 2.24) is 4.90 Å². The fraction of sp³-hybridized carbons (Fsp3) is 0.263. The second-order valence-corrected chi connectivity index (χ2v) is 5.86. The molecule has 1 fully saturated rings. The number of carbonyl (C=O) groups excluding carboxylic acids is 2. The lowest BCUT2D eigenvalue weighted by Crippen LogP contribution is -2.29. The standard InChI is InChI=1S/C19H19NO4/c1-24-19(23)15-9-7-13(8-10-15)16-11-20(12-17(16)21)18(22)14-5-3-2-4-6-14/h2-10,16-17,21H,11-12H2,1H3/t16-,17+/m1/s1. The van der Waals surface area contributed by atoms with E-state index in [9.17, 15) is 14.7 Å². The first-order chi connectivity index (χ1) is 11.6. The molecule has 2 aromatic rings. The summed E-state index contributed by atoms with van der Waals surface area (Å²) in [4.78, 5) is 25.7. The number of esters is 1. The fourth-order valence-corrected chi connectivity index (χ4v) is 3.03. The number of ether oxygens (including phenoxy) is 1. The van der Waals surface area contributed by atoms with Gasteiger partial charge in [-0.25, -0.2) is 4.79 Å². The SMILES string of the molecule is COC(=O)c1ccc([C@H]2CN(C(=O)c3ccccc3)C[C@@H]2O)cc1. The molecular formula is C19H19NO4. The highest BCUT2D eigenvalue weighted by Gasteiger charge is 2.35. The van der Waals surface area contributed by atoms with E-state index in [2.05, 4.69) is 4.74 Å². The third-order valence-corrected chi connectivity index (χ3v) is 4.36. The Balaban J connectivity index is 1.74. The first-order valence-electron chi connectivity index (χ1n) is 7.81. The van der Waals surface area contributed by atoms with Crippen LogP contribution in [0.2, 0.25) is 0 Å². The fourth-order valence-electron chi connectivity index (χ4n) is 3.03. The molecular weight excluding hydrogens is 306 g/mol. The van der Waals surface area contributed by atoms with Gasteiger partial charge in [-0.2, -0.15) is 0 Å². The van der Waals surface area contributed by atoms with Gasteiger partial charge in [0.2, 0.25) is 0 Å². The molecule has 0 aromatic heterocycles. The van der Waals surface area contributed by atoms with E-state index in [0.717, 1.165) is 5.56 Å². The molecule has 2 aromatic carbocycles. The number of methoxy groups -OCH3 is 1. The monoisotopic (exact) mass is 325 g/mol. The van der Waals surface area contributed by atoms with Crippen molar-refractivity contribution in [3.8, 4) is 0 Å². The summed E-state index contributed by atoms with van der Waals surface area (Å²) in [5.41, 5.74) is 1.98. The number of rotatable bonds is 3. The Labute approximate surface area is 140 Å². The minimum atomic E-state index is -0.623. The van der Waals surface area contributed by atoms with Gasteiger partial charge < -0.3 is 14.7 Å². The topological polar surface area (TPSA) is 66.8 Å². The zero-order chi connectivity index (χ0) is 17.1. The number of hydrogen-bond donors (Lipinski definition) is 1. The quantitative estimate of drug-likeness (QED) is 0.878. The third kappa shape index (κ3) is 3.16. The first-order valence-corrected chi connectivity index (χ1v) is 7.81. The van der Waals surface area contributed by atoms with Crippen LogP contribution in [0.4, 0.5) is 0 Å². The van der Waals surface area contributed by atoms with Crippen LogP contribution >= 0.6 is 0 Å². The van der Waals surface area contributed by atoms with E-state index in [1.165, 1.54) is 7.11 Å². The van der Waals surface area contributed by atoms with Crippen LogP contribution in [0.5, 0.6) is 0 Å². The van der Waals surface area contributed by atoms with Crippen molar-refractivity contribution in [2.45, 2.75) is 12.0 Å². The Morgan fingerprint density at radius 1 is 1.00 bits per heavy atom. The lowest BCUT2D eigenvalue weighted by atomic mass is 9.95. The largest absolute Gasteiger partial charge is 0.465 e. The van der Waals surface area contributed by atoms with Crippen molar-refractivity contribution < 1.29 is 19.4 Å². The van der Waals surface area contributed by atoms with Crippen LogP contribution in [-0.4, -0.2) is 48.2 Å². The van der Waals surface area contributed by atoms with Crippen molar-refractivity contribution >= 4 is 11.9 Å². The summed E-state index contributed by atoms with van der Waals surface area (Å²) in [6, 6.07) is 16.0. The number of likely N-dealkylation sites (tertiary alicyclic amines) is 1. The summed E-state index contributed by atoms with van der Waals surface area (Å²) < 4.78 is 4.68. The van der Waals surface area contributed by atoms with Gasteiger partial charge in [0, 0.05) is 24.6 Å². The van der Waals surface area contributed by atoms with E-state index < -0.39 is 12.1 Å². The Morgan fingerprint density at radius 2 is 1.67 bits per heavy atom. The maximum absolute atomic E-state index is 12.5. The van der Waals surface area contributed by atoms with E-state index in [-0.39, 0.29) is 11.8 Å². The summed E-state index contributed by atoms with van der Waals surface area (Å²) in [6.07, 6.45) is -0.623. The molecule has 1 amide bonds. The molecule has 1 heterocycles. The van der Waals surface area contributed by atoms with Crippen molar-refractivity contribution in [3.63, 3.8) is 0 Å². The van der Waals surface area contributed by atoms with Gasteiger partial charge in [-0.05, 0) is 29.8 Å². The number of aliphatic hydroxyl groups excluding tert-OH is 1. The van der Waals surface area contributed by atoms with Gasteiger partial charge in [0.15, 0.2) is 0 Å². The molecule has 0 bridgehead atoms. The predicted octanol–water partition coefficient (Wildman–Crippen LogP) is 2.07. The zero-order valence-corrected chi connectivity index (χ0v) is 13.4. The zero-order valence-electron chi connectivity index (χ0n) is 13.4. The van der Waals surface area contributed by atoms with Crippen molar-refractivity contribution in [1.29, 1.82) is 0 Å². The summed E-state index contributed by atoms with van der Waals surface area (Å²) in [5.74, 6) is -0.637. The highest BCUT2D eigenvalue weighted by Crippen LogP contribution is 2.29. The molecule has 3 rings (SSSR count). The van der Waals surface area contributed by atoms with E-state index in [1.54, 1.807) is 41.3 Å². The molecule has 1 N–H and O–H groups in total. The van der Waals surface area contributed by atoms with Gasteiger partial charge in [0.05, 0.1) is 18.8 Å². The Kier molecular flexibility index (Phi) is 4.62. The van der Waals surface area contributed by atoms with Gasteiger partial charge in [-0.1, -0.05) is 30.3 Å². The number of β-amino-alcohol motifs (C(OH)–C–C–N with tert-alkyl or cyclic N) is 1.